The number of H-pyrrole nitrogens is 1. The van der Waals surface area contributed by atoms with Crippen molar-refractivity contribution in [1.29, 1.82) is 0 Å². The zero-order valence-corrected chi connectivity index (χ0v) is 16.4. The number of pyridine rings is 1. The average molecular weight is 431 g/mol. The number of rotatable bonds is 4. The molecule has 0 radical (unpaired) electrons. The van der Waals surface area contributed by atoms with E-state index < -0.39 is 28.8 Å². The highest BCUT2D eigenvalue weighted by Crippen LogP contribution is 2.38. The lowest BCUT2D eigenvalue weighted by Crippen LogP contribution is -2.32. The molecular weight excluding hydrogens is 411 g/mol. The fraction of sp³-hybridized carbons (Fsp3) is 0.273. The Bertz CT molecular complexity index is 1190. The van der Waals surface area contributed by atoms with Crippen LogP contribution in [0.2, 0.25) is 0 Å². The molecule has 162 valence electrons. The summed E-state index contributed by atoms with van der Waals surface area (Å²) in [6, 6.07) is 9.94. The molecule has 2 aromatic carbocycles. The molecule has 3 N–H and O–H groups in total. The minimum atomic E-state index is -4.72. The number of carbonyl (C=O) groups excluding carboxylic acids is 1. The fourth-order valence-corrected chi connectivity index (χ4v) is 3.95. The van der Waals surface area contributed by atoms with Crippen LogP contribution in [0.3, 0.4) is 0 Å². The van der Waals surface area contributed by atoms with Crippen LogP contribution in [0.4, 0.5) is 24.5 Å². The SMILES string of the molecule is O=C(Nc1ccc(N2CCC[C@@H]2CO)cc1C(F)(F)F)c1c[nH]c2ccccc2c1=O. The molecule has 1 aliphatic heterocycles. The van der Waals surface area contributed by atoms with Gasteiger partial charge in [-0.1, -0.05) is 12.1 Å². The van der Waals surface area contributed by atoms with Gasteiger partial charge >= 0.3 is 6.18 Å². The number of hydrogen-bond acceptors (Lipinski definition) is 4. The van der Waals surface area contributed by atoms with Crippen molar-refractivity contribution in [2.75, 3.05) is 23.4 Å². The lowest BCUT2D eigenvalue weighted by atomic mass is 10.1. The maximum atomic E-state index is 13.7. The van der Waals surface area contributed by atoms with Crippen molar-refractivity contribution >= 4 is 28.2 Å². The lowest BCUT2D eigenvalue weighted by molar-refractivity contribution is -0.136. The van der Waals surface area contributed by atoms with Crippen molar-refractivity contribution in [3.8, 4) is 0 Å². The van der Waals surface area contributed by atoms with Gasteiger partial charge in [0, 0.05) is 29.3 Å². The predicted octanol–water partition coefficient (Wildman–Crippen LogP) is 3.76. The lowest BCUT2D eigenvalue weighted by Gasteiger charge is -2.26. The van der Waals surface area contributed by atoms with Gasteiger partial charge in [0.25, 0.3) is 5.91 Å². The monoisotopic (exact) mass is 431 g/mol. The summed E-state index contributed by atoms with van der Waals surface area (Å²) in [6.07, 6.45) is -2.06. The zero-order valence-electron chi connectivity index (χ0n) is 16.4. The van der Waals surface area contributed by atoms with Crippen LogP contribution in [0, 0.1) is 0 Å². The number of halogens is 3. The number of fused-ring (bicyclic) bond motifs is 1. The smallest absolute Gasteiger partial charge is 0.394 e. The molecule has 0 spiro atoms. The van der Waals surface area contributed by atoms with Gasteiger partial charge in [0.05, 0.1) is 23.9 Å². The van der Waals surface area contributed by atoms with E-state index in [-0.39, 0.29) is 23.6 Å². The first-order valence-electron chi connectivity index (χ1n) is 9.80. The van der Waals surface area contributed by atoms with E-state index in [1.165, 1.54) is 24.4 Å². The maximum absolute atomic E-state index is 13.7. The first-order valence-corrected chi connectivity index (χ1v) is 9.80. The number of aromatic amines is 1. The number of amides is 1. The van der Waals surface area contributed by atoms with Crippen LogP contribution in [0.25, 0.3) is 10.9 Å². The summed E-state index contributed by atoms with van der Waals surface area (Å²) in [6.45, 7) is 0.394. The Hall–Kier alpha value is -3.33. The number of aromatic nitrogens is 1. The van der Waals surface area contributed by atoms with Crippen molar-refractivity contribution in [3.05, 3.63) is 70.0 Å². The summed E-state index contributed by atoms with van der Waals surface area (Å²) in [5, 5.41) is 12.0. The molecule has 31 heavy (non-hydrogen) atoms. The Kier molecular flexibility index (Phi) is 5.45. The summed E-state index contributed by atoms with van der Waals surface area (Å²) in [5.74, 6) is -0.931. The van der Waals surface area contributed by atoms with Crippen molar-refractivity contribution in [1.82, 2.24) is 4.98 Å². The van der Waals surface area contributed by atoms with Gasteiger partial charge in [-0.05, 0) is 43.2 Å². The van der Waals surface area contributed by atoms with Crippen LogP contribution in [0.5, 0.6) is 0 Å². The molecule has 9 heteroatoms. The maximum Gasteiger partial charge on any atom is 0.418 e. The highest BCUT2D eigenvalue weighted by molar-refractivity contribution is 6.06. The number of anilines is 2. The Balaban J connectivity index is 1.69. The molecule has 0 unspecified atom stereocenters. The van der Waals surface area contributed by atoms with Gasteiger partial charge in [0.2, 0.25) is 5.43 Å². The number of para-hydroxylation sites is 1. The van der Waals surface area contributed by atoms with Crippen LogP contribution in [0.15, 0.2) is 53.5 Å². The molecule has 4 rings (SSSR count). The molecule has 1 aliphatic rings. The van der Waals surface area contributed by atoms with Gasteiger partial charge in [-0.15, -0.1) is 0 Å². The van der Waals surface area contributed by atoms with Crippen LogP contribution >= 0.6 is 0 Å². The number of carbonyl (C=O) groups is 1. The van der Waals surface area contributed by atoms with E-state index in [1.807, 2.05) is 0 Å². The molecule has 0 bridgehead atoms. The molecule has 0 aliphatic carbocycles. The topological polar surface area (TPSA) is 85.4 Å². The van der Waals surface area contributed by atoms with Gasteiger partial charge in [0.15, 0.2) is 0 Å². The summed E-state index contributed by atoms with van der Waals surface area (Å²) in [4.78, 5) is 29.8. The molecule has 1 fully saturated rings. The third-order valence-electron chi connectivity index (χ3n) is 5.51. The zero-order chi connectivity index (χ0) is 22.2. The van der Waals surface area contributed by atoms with Crippen molar-refractivity contribution in [2.24, 2.45) is 0 Å². The van der Waals surface area contributed by atoms with Crippen LogP contribution in [0.1, 0.15) is 28.8 Å². The molecule has 1 atom stereocenters. The quantitative estimate of drug-likeness (QED) is 0.587. The molecular formula is C22H20F3N3O3. The standard InChI is InChI=1S/C22H20F3N3O3/c23-22(24,25)17-10-13(28-9-3-4-14(28)12-29)7-8-19(17)27-21(31)16-11-26-18-6-2-1-5-15(18)20(16)30/h1-2,5-8,10-11,14,29H,3-4,9,12H2,(H,26,30)(H,27,31)/t14-/m1/s1. The number of hydrogen-bond donors (Lipinski definition) is 3. The number of aliphatic hydroxyl groups excluding tert-OH is 1. The van der Waals surface area contributed by atoms with E-state index in [9.17, 15) is 27.9 Å². The Labute approximate surface area is 175 Å². The van der Waals surface area contributed by atoms with Gasteiger partial charge in [-0.25, -0.2) is 0 Å². The largest absolute Gasteiger partial charge is 0.418 e. The highest BCUT2D eigenvalue weighted by Gasteiger charge is 2.36. The van der Waals surface area contributed by atoms with E-state index >= 15 is 0 Å². The molecule has 0 saturated carbocycles. The normalized spacial score (nSPS) is 16.6. The molecule has 1 saturated heterocycles. The van der Waals surface area contributed by atoms with Crippen molar-refractivity contribution < 1.29 is 23.1 Å². The summed E-state index contributed by atoms with van der Waals surface area (Å²) in [5.41, 5.74) is -1.46. The number of aliphatic hydroxyl groups is 1. The summed E-state index contributed by atoms with van der Waals surface area (Å²) >= 11 is 0. The molecule has 1 amide bonds. The molecule has 2 heterocycles. The third-order valence-corrected chi connectivity index (χ3v) is 5.51. The Morgan fingerprint density at radius 2 is 2.00 bits per heavy atom. The van der Waals surface area contributed by atoms with E-state index in [0.29, 0.717) is 24.2 Å². The van der Waals surface area contributed by atoms with Gasteiger partial charge < -0.3 is 20.3 Å². The second kappa shape index (κ2) is 8.07. The minimum absolute atomic E-state index is 0.148. The Morgan fingerprint density at radius 1 is 1.23 bits per heavy atom. The number of benzene rings is 2. The van der Waals surface area contributed by atoms with E-state index in [2.05, 4.69) is 10.3 Å². The van der Waals surface area contributed by atoms with Gasteiger partial charge in [-0.3, -0.25) is 9.59 Å². The predicted molar refractivity (Wildman–Crippen MR) is 111 cm³/mol. The van der Waals surface area contributed by atoms with Gasteiger partial charge in [-0.2, -0.15) is 13.2 Å². The second-order valence-electron chi connectivity index (χ2n) is 7.43. The van der Waals surface area contributed by atoms with Crippen LogP contribution in [-0.2, 0) is 6.18 Å². The van der Waals surface area contributed by atoms with Crippen LogP contribution in [-0.4, -0.2) is 35.2 Å². The van der Waals surface area contributed by atoms with Gasteiger partial charge in [0.1, 0.15) is 5.56 Å². The first kappa shape index (κ1) is 20.9. The van der Waals surface area contributed by atoms with E-state index in [0.717, 1.165) is 12.5 Å². The third kappa shape index (κ3) is 4.00. The molecule has 3 aromatic rings. The summed E-state index contributed by atoms with van der Waals surface area (Å²) in [7, 11) is 0. The number of alkyl halides is 3. The number of nitrogens with zero attached hydrogens (tertiary/aromatic N) is 1. The van der Waals surface area contributed by atoms with Crippen molar-refractivity contribution in [2.45, 2.75) is 25.1 Å². The first-order chi connectivity index (χ1) is 14.8. The molecule has 1 aromatic heterocycles. The Morgan fingerprint density at radius 3 is 2.74 bits per heavy atom. The van der Waals surface area contributed by atoms with Crippen molar-refractivity contribution in [3.63, 3.8) is 0 Å². The highest BCUT2D eigenvalue weighted by atomic mass is 19.4. The van der Waals surface area contributed by atoms with E-state index in [4.69, 9.17) is 0 Å². The average Bonchev–Trinajstić information content (AvgIpc) is 3.22. The minimum Gasteiger partial charge on any atom is -0.394 e. The van der Waals surface area contributed by atoms with Crippen LogP contribution < -0.4 is 15.6 Å². The number of nitrogens with one attached hydrogen (secondary N) is 2. The van der Waals surface area contributed by atoms with E-state index in [1.54, 1.807) is 23.1 Å². The fourth-order valence-electron chi connectivity index (χ4n) is 3.95. The summed E-state index contributed by atoms with van der Waals surface area (Å²) < 4.78 is 41.2. The molecule has 6 nitrogen and oxygen atoms in total. The second-order valence-corrected chi connectivity index (χ2v) is 7.43.